The molecule has 0 radical (unpaired) electrons. The van der Waals surface area contributed by atoms with Crippen LogP contribution in [0.25, 0.3) is 22.8 Å². The van der Waals surface area contributed by atoms with Crippen LogP contribution in [0.5, 0.6) is 0 Å². The van der Waals surface area contributed by atoms with Crippen molar-refractivity contribution in [2.24, 2.45) is 0 Å². The van der Waals surface area contributed by atoms with E-state index in [9.17, 15) is 0 Å². The van der Waals surface area contributed by atoms with Gasteiger partial charge in [0.15, 0.2) is 0 Å². The SMILES string of the molecule is Nc1ccc(-c2noc(-c3ccc(Br)cc3Cl)n2)cc1. The molecule has 2 N–H and O–H groups in total. The Bertz CT molecular complexity index is 755. The first kappa shape index (κ1) is 13.1. The van der Waals surface area contributed by atoms with Crippen molar-refractivity contribution in [3.63, 3.8) is 0 Å². The van der Waals surface area contributed by atoms with E-state index in [1.807, 2.05) is 24.3 Å². The van der Waals surface area contributed by atoms with Gasteiger partial charge < -0.3 is 10.3 Å². The lowest BCUT2D eigenvalue weighted by atomic mass is 10.2. The summed E-state index contributed by atoms with van der Waals surface area (Å²) in [7, 11) is 0. The standard InChI is InChI=1S/C14H9BrClN3O/c15-9-3-6-11(12(16)7-9)14-18-13(19-20-14)8-1-4-10(17)5-2-8/h1-7H,17H2. The van der Waals surface area contributed by atoms with E-state index in [1.165, 1.54) is 0 Å². The third-order valence-electron chi connectivity index (χ3n) is 2.76. The van der Waals surface area contributed by atoms with Gasteiger partial charge in [-0.15, -0.1) is 0 Å². The van der Waals surface area contributed by atoms with Crippen LogP contribution in [-0.2, 0) is 0 Å². The zero-order chi connectivity index (χ0) is 14.1. The van der Waals surface area contributed by atoms with E-state index < -0.39 is 0 Å². The molecule has 1 aromatic heterocycles. The van der Waals surface area contributed by atoms with Crippen molar-refractivity contribution in [2.75, 3.05) is 5.73 Å². The van der Waals surface area contributed by atoms with Crippen molar-refractivity contribution < 1.29 is 4.52 Å². The molecular formula is C14H9BrClN3O. The number of anilines is 1. The Morgan fingerprint density at radius 1 is 1.10 bits per heavy atom. The summed E-state index contributed by atoms with van der Waals surface area (Å²) in [6.45, 7) is 0. The molecule has 0 saturated carbocycles. The summed E-state index contributed by atoms with van der Waals surface area (Å²) in [6.07, 6.45) is 0. The highest BCUT2D eigenvalue weighted by Crippen LogP contribution is 2.30. The fourth-order valence-electron chi connectivity index (χ4n) is 1.75. The monoisotopic (exact) mass is 349 g/mol. The first-order chi connectivity index (χ1) is 9.63. The largest absolute Gasteiger partial charge is 0.399 e. The molecule has 6 heteroatoms. The number of nitrogens with zero attached hydrogens (tertiary/aromatic N) is 2. The van der Waals surface area contributed by atoms with Crippen molar-refractivity contribution >= 4 is 33.2 Å². The van der Waals surface area contributed by atoms with E-state index >= 15 is 0 Å². The van der Waals surface area contributed by atoms with Gasteiger partial charge in [-0.25, -0.2) is 0 Å². The minimum Gasteiger partial charge on any atom is -0.399 e. The van der Waals surface area contributed by atoms with Crippen LogP contribution in [0.3, 0.4) is 0 Å². The van der Waals surface area contributed by atoms with E-state index in [4.69, 9.17) is 21.9 Å². The lowest BCUT2D eigenvalue weighted by Gasteiger charge is -1.98. The van der Waals surface area contributed by atoms with E-state index in [0.29, 0.717) is 28.0 Å². The van der Waals surface area contributed by atoms with E-state index in [2.05, 4.69) is 26.1 Å². The fraction of sp³-hybridized carbons (Fsp3) is 0. The van der Waals surface area contributed by atoms with Gasteiger partial charge in [-0.2, -0.15) is 4.98 Å². The molecule has 0 fully saturated rings. The third kappa shape index (κ3) is 2.55. The maximum Gasteiger partial charge on any atom is 0.259 e. The van der Waals surface area contributed by atoms with Crippen molar-refractivity contribution in [3.8, 4) is 22.8 Å². The molecule has 20 heavy (non-hydrogen) atoms. The van der Waals surface area contributed by atoms with Gasteiger partial charge in [-0.05, 0) is 42.5 Å². The van der Waals surface area contributed by atoms with Crippen molar-refractivity contribution in [1.29, 1.82) is 0 Å². The van der Waals surface area contributed by atoms with E-state index in [1.54, 1.807) is 18.2 Å². The smallest absolute Gasteiger partial charge is 0.259 e. The maximum atomic E-state index is 6.17. The molecule has 3 aromatic rings. The molecule has 4 nitrogen and oxygen atoms in total. The van der Waals surface area contributed by atoms with Crippen molar-refractivity contribution in [3.05, 3.63) is 52.0 Å². The minimum absolute atomic E-state index is 0.384. The molecule has 1 heterocycles. The summed E-state index contributed by atoms with van der Waals surface area (Å²) in [5.74, 6) is 0.883. The summed E-state index contributed by atoms with van der Waals surface area (Å²) in [4.78, 5) is 4.35. The van der Waals surface area contributed by atoms with E-state index in [0.717, 1.165) is 10.0 Å². The number of hydrogen-bond acceptors (Lipinski definition) is 4. The van der Waals surface area contributed by atoms with Crippen LogP contribution in [0.1, 0.15) is 0 Å². The average molecular weight is 351 g/mol. The number of halogens is 2. The van der Waals surface area contributed by atoms with Gasteiger partial charge in [-0.1, -0.05) is 32.7 Å². The molecule has 0 aliphatic rings. The molecule has 0 aliphatic carbocycles. The fourth-order valence-corrected chi connectivity index (χ4v) is 2.50. The lowest BCUT2D eigenvalue weighted by Crippen LogP contribution is -1.85. The molecule has 0 saturated heterocycles. The first-order valence-electron chi connectivity index (χ1n) is 5.78. The van der Waals surface area contributed by atoms with Gasteiger partial charge in [0.25, 0.3) is 5.89 Å². The van der Waals surface area contributed by atoms with E-state index in [-0.39, 0.29) is 0 Å². The summed E-state index contributed by atoms with van der Waals surface area (Å²) in [5, 5.41) is 4.51. The number of benzene rings is 2. The third-order valence-corrected chi connectivity index (χ3v) is 3.56. The highest BCUT2D eigenvalue weighted by atomic mass is 79.9. The van der Waals surface area contributed by atoms with Crippen LogP contribution in [-0.4, -0.2) is 10.1 Å². The zero-order valence-electron chi connectivity index (χ0n) is 10.2. The normalized spacial score (nSPS) is 10.7. The highest BCUT2D eigenvalue weighted by Gasteiger charge is 2.13. The Balaban J connectivity index is 1.99. The number of nitrogen functional groups attached to an aromatic ring is 1. The number of aromatic nitrogens is 2. The molecule has 100 valence electrons. The van der Waals surface area contributed by atoms with Crippen LogP contribution in [0.15, 0.2) is 51.5 Å². The molecule has 0 aliphatic heterocycles. The van der Waals surface area contributed by atoms with Crippen LogP contribution in [0.4, 0.5) is 5.69 Å². The Kier molecular flexibility index (Phi) is 3.46. The number of hydrogen-bond donors (Lipinski definition) is 1. The molecule has 0 unspecified atom stereocenters. The second-order valence-electron chi connectivity index (χ2n) is 4.17. The maximum absolute atomic E-state index is 6.17. The second kappa shape index (κ2) is 5.26. The number of nitrogens with two attached hydrogens (primary N) is 1. The van der Waals surface area contributed by atoms with Crippen LogP contribution >= 0.6 is 27.5 Å². The van der Waals surface area contributed by atoms with Gasteiger partial charge in [0.2, 0.25) is 5.82 Å². The van der Waals surface area contributed by atoms with Crippen LogP contribution in [0, 0.1) is 0 Å². The second-order valence-corrected chi connectivity index (χ2v) is 5.49. The van der Waals surface area contributed by atoms with Gasteiger partial charge in [0.05, 0.1) is 10.6 Å². The van der Waals surface area contributed by atoms with Gasteiger partial charge >= 0.3 is 0 Å². The Morgan fingerprint density at radius 3 is 2.55 bits per heavy atom. The molecule has 0 atom stereocenters. The predicted octanol–water partition coefficient (Wildman–Crippen LogP) is 4.40. The Labute approximate surface area is 128 Å². The van der Waals surface area contributed by atoms with Crippen LogP contribution in [0.2, 0.25) is 5.02 Å². The summed E-state index contributed by atoms with van der Waals surface area (Å²) >= 11 is 9.52. The molecule has 0 bridgehead atoms. The molecule has 3 rings (SSSR count). The molecular weight excluding hydrogens is 342 g/mol. The minimum atomic E-state index is 0.384. The Morgan fingerprint density at radius 2 is 1.85 bits per heavy atom. The summed E-state index contributed by atoms with van der Waals surface area (Å²) in [6, 6.07) is 12.7. The van der Waals surface area contributed by atoms with Crippen molar-refractivity contribution in [1.82, 2.24) is 10.1 Å². The summed E-state index contributed by atoms with van der Waals surface area (Å²) in [5.41, 5.74) is 7.87. The van der Waals surface area contributed by atoms with Crippen molar-refractivity contribution in [2.45, 2.75) is 0 Å². The molecule has 0 spiro atoms. The quantitative estimate of drug-likeness (QED) is 0.696. The molecule has 2 aromatic carbocycles. The van der Waals surface area contributed by atoms with Gasteiger partial charge in [0, 0.05) is 15.7 Å². The Hall–Kier alpha value is -1.85. The van der Waals surface area contributed by atoms with Gasteiger partial charge in [0.1, 0.15) is 0 Å². The average Bonchev–Trinajstić information content (AvgIpc) is 2.89. The predicted molar refractivity (Wildman–Crippen MR) is 82.3 cm³/mol. The topological polar surface area (TPSA) is 64.9 Å². The zero-order valence-corrected chi connectivity index (χ0v) is 12.5. The van der Waals surface area contributed by atoms with Crippen LogP contribution < -0.4 is 5.73 Å². The highest BCUT2D eigenvalue weighted by molar-refractivity contribution is 9.10. The lowest BCUT2D eigenvalue weighted by molar-refractivity contribution is 0.432. The number of rotatable bonds is 2. The van der Waals surface area contributed by atoms with Gasteiger partial charge in [-0.3, -0.25) is 0 Å². The molecule has 0 amide bonds. The summed E-state index contributed by atoms with van der Waals surface area (Å²) < 4.78 is 6.16. The first-order valence-corrected chi connectivity index (χ1v) is 6.95.